The van der Waals surface area contributed by atoms with Gasteiger partial charge in [-0.3, -0.25) is 24.3 Å². The van der Waals surface area contributed by atoms with Crippen LogP contribution in [-0.4, -0.2) is 28.0 Å². The van der Waals surface area contributed by atoms with Gasteiger partial charge in [-0.05, 0) is 54.4 Å². The van der Waals surface area contributed by atoms with Gasteiger partial charge in [-0.2, -0.15) is 0 Å². The number of amidine groups is 1. The minimum atomic E-state index is -0.364. The van der Waals surface area contributed by atoms with E-state index in [0.29, 0.717) is 16.4 Å². The molecule has 1 aliphatic rings. The Morgan fingerprint density at radius 2 is 1.94 bits per heavy atom. The predicted octanol–water partition coefficient (Wildman–Crippen LogP) is 3.80. The molecule has 8 nitrogen and oxygen atoms in total. The number of hydrogen-bond donors (Lipinski definition) is 1. The molecule has 10 heteroatoms. The molecule has 1 N–H and O–H groups in total. The minimum absolute atomic E-state index is 0.00164. The van der Waals surface area contributed by atoms with Gasteiger partial charge in [0, 0.05) is 0 Å². The normalized spacial score (nSPS) is 14.8. The highest BCUT2D eigenvalue weighted by Crippen LogP contribution is 2.29. The van der Waals surface area contributed by atoms with Crippen LogP contribution in [0.2, 0.25) is 0 Å². The molecule has 0 bridgehead atoms. The number of thioether (sulfide) groups is 1. The van der Waals surface area contributed by atoms with E-state index in [1.54, 1.807) is 41.2 Å². The lowest BCUT2D eigenvalue weighted by molar-refractivity contribution is -0.779. The molecule has 0 atom stereocenters. The minimum Gasteiger partial charge on any atom is -0.288 e. The third kappa shape index (κ3) is 5.35. The molecule has 0 saturated heterocycles. The van der Waals surface area contributed by atoms with Crippen LogP contribution < -0.4 is 14.9 Å². The standard InChI is InChI=1S/C23H20FN5O3S/c1-15(2)28-13-21(32-27-28)26-20(30)14-33-23-25-19(12-16-8-10-17(24)11-9-16)22(31)29(23)18-6-4-3-5-7-18/h3-13,15H,14H2,1-2H3/p+1/b19-12+. The van der Waals surface area contributed by atoms with Gasteiger partial charge in [0.1, 0.15) is 11.5 Å². The van der Waals surface area contributed by atoms with Crippen molar-refractivity contribution in [2.45, 2.75) is 19.9 Å². The van der Waals surface area contributed by atoms with Crippen molar-refractivity contribution in [3.63, 3.8) is 0 Å². The predicted molar refractivity (Wildman–Crippen MR) is 124 cm³/mol. The molecule has 33 heavy (non-hydrogen) atoms. The molecule has 1 aliphatic heterocycles. The summed E-state index contributed by atoms with van der Waals surface area (Å²) in [5.41, 5.74) is 1.47. The highest BCUT2D eigenvalue weighted by Gasteiger charge is 2.32. The van der Waals surface area contributed by atoms with Crippen molar-refractivity contribution in [1.29, 1.82) is 0 Å². The molecule has 0 spiro atoms. The number of hydrogen-bond acceptors (Lipinski definition) is 6. The molecule has 0 saturated carbocycles. The van der Waals surface area contributed by atoms with Crippen LogP contribution in [0.1, 0.15) is 25.5 Å². The smallest absolute Gasteiger partial charge is 0.288 e. The van der Waals surface area contributed by atoms with E-state index in [1.807, 2.05) is 32.0 Å². The van der Waals surface area contributed by atoms with Crippen molar-refractivity contribution < 1.29 is 23.2 Å². The largest absolute Gasteiger partial charge is 0.302 e. The van der Waals surface area contributed by atoms with Gasteiger partial charge in [-0.25, -0.2) is 9.38 Å². The fraction of sp³-hybridized carbons (Fsp3) is 0.174. The SMILES string of the molecule is CC(C)[n+]1cc(NC(=O)CSC2=N/C(=C/c3ccc(F)cc3)C(=O)N2c2ccccc2)on1. The lowest BCUT2D eigenvalue weighted by Crippen LogP contribution is -2.37. The summed E-state index contributed by atoms with van der Waals surface area (Å²) in [6.07, 6.45) is 3.19. The third-order valence-electron chi connectivity index (χ3n) is 4.62. The Morgan fingerprint density at radius 1 is 1.21 bits per heavy atom. The number of nitrogens with one attached hydrogen (secondary N) is 1. The van der Waals surface area contributed by atoms with Crippen molar-refractivity contribution >= 4 is 46.4 Å². The summed E-state index contributed by atoms with van der Waals surface area (Å²) >= 11 is 1.12. The van der Waals surface area contributed by atoms with Gasteiger partial charge in [0.15, 0.2) is 11.2 Å². The Morgan fingerprint density at radius 3 is 2.61 bits per heavy atom. The number of benzene rings is 2. The number of aromatic nitrogens is 2. The molecule has 0 radical (unpaired) electrons. The maximum absolute atomic E-state index is 13.2. The topological polar surface area (TPSA) is 91.7 Å². The van der Waals surface area contributed by atoms with Crippen LogP contribution in [0, 0.1) is 5.82 Å². The maximum atomic E-state index is 13.2. The van der Waals surface area contributed by atoms with Gasteiger partial charge in [0.25, 0.3) is 12.1 Å². The second kappa shape index (κ2) is 9.78. The van der Waals surface area contributed by atoms with Gasteiger partial charge in [0.2, 0.25) is 11.2 Å². The van der Waals surface area contributed by atoms with E-state index in [4.69, 9.17) is 4.52 Å². The van der Waals surface area contributed by atoms with Gasteiger partial charge in [-0.15, -0.1) is 0 Å². The lowest BCUT2D eigenvalue weighted by Gasteiger charge is -2.17. The molecule has 168 valence electrons. The van der Waals surface area contributed by atoms with Crippen LogP contribution in [0.4, 0.5) is 16.0 Å². The van der Waals surface area contributed by atoms with E-state index in [2.05, 4.69) is 15.6 Å². The van der Waals surface area contributed by atoms with Crippen LogP contribution in [0.15, 0.2) is 76.0 Å². The molecule has 4 rings (SSSR count). The second-order valence-electron chi connectivity index (χ2n) is 7.43. The van der Waals surface area contributed by atoms with Crippen molar-refractivity contribution in [1.82, 2.24) is 5.27 Å². The Kier molecular flexibility index (Phi) is 6.64. The number of aliphatic imine (C=N–C) groups is 1. The third-order valence-corrected chi connectivity index (χ3v) is 5.56. The van der Waals surface area contributed by atoms with Gasteiger partial charge < -0.3 is 0 Å². The number of para-hydroxylation sites is 1. The highest BCUT2D eigenvalue weighted by molar-refractivity contribution is 8.14. The van der Waals surface area contributed by atoms with Crippen molar-refractivity contribution in [2.75, 3.05) is 16.0 Å². The summed E-state index contributed by atoms with van der Waals surface area (Å²) in [5, 5.41) is 6.85. The van der Waals surface area contributed by atoms with Crippen molar-refractivity contribution in [2.24, 2.45) is 4.99 Å². The zero-order chi connectivity index (χ0) is 23.4. The average molecular weight is 467 g/mol. The Hall–Kier alpha value is -3.79. The fourth-order valence-corrected chi connectivity index (χ4v) is 3.79. The lowest BCUT2D eigenvalue weighted by atomic mass is 10.2. The monoisotopic (exact) mass is 466 g/mol. The van der Waals surface area contributed by atoms with E-state index >= 15 is 0 Å². The first-order valence-electron chi connectivity index (χ1n) is 10.2. The number of amides is 2. The van der Waals surface area contributed by atoms with Gasteiger partial charge in [0.05, 0.1) is 11.4 Å². The Balaban J connectivity index is 1.52. The Labute approximate surface area is 193 Å². The van der Waals surface area contributed by atoms with E-state index in [0.717, 1.165) is 11.8 Å². The molecular weight excluding hydrogens is 445 g/mol. The summed E-state index contributed by atoms with van der Waals surface area (Å²) in [6.45, 7) is 3.88. The van der Waals surface area contributed by atoms with Crippen LogP contribution in [-0.2, 0) is 9.59 Å². The van der Waals surface area contributed by atoms with Gasteiger partial charge >= 0.3 is 5.88 Å². The maximum Gasteiger partial charge on any atom is 0.302 e. The molecular formula is C23H21FN5O3S+. The van der Waals surface area contributed by atoms with E-state index < -0.39 is 0 Å². The van der Waals surface area contributed by atoms with Crippen molar-refractivity contribution in [3.8, 4) is 0 Å². The number of carbonyl (C=O) groups is 2. The van der Waals surface area contributed by atoms with Crippen LogP contribution in [0.5, 0.6) is 0 Å². The van der Waals surface area contributed by atoms with E-state index in [1.165, 1.54) is 17.0 Å². The molecule has 1 aromatic heterocycles. The summed E-state index contributed by atoms with van der Waals surface area (Å²) in [5.74, 6) is -0.789. The van der Waals surface area contributed by atoms with Gasteiger partial charge in [-0.1, -0.05) is 42.1 Å². The fourth-order valence-electron chi connectivity index (χ4n) is 2.98. The first kappa shape index (κ1) is 22.4. The number of anilines is 2. The van der Waals surface area contributed by atoms with Crippen LogP contribution >= 0.6 is 11.8 Å². The zero-order valence-corrected chi connectivity index (χ0v) is 18.8. The average Bonchev–Trinajstić information content (AvgIpc) is 3.39. The number of nitrogens with zero attached hydrogens (tertiary/aromatic N) is 4. The number of rotatable bonds is 6. The highest BCUT2D eigenvalue weighted by atomic mass is 32.2. The zero-order valence-electron chi connectivity index (χ0n) is 17.9. The molecule has 0 aliphatic carbocycles. The first-order chi connectivity index (χ1) is 15.9. The molecule has 2 aromatic carbocycles. The summed E-state index contributed by atoms with van der Waals surface area (Å²) in [4.78, 5) is 31.5. The first-order valence-corrected chi connectivity index (χ1v) is 11.2. The quantitative estimate of drug-likeness (QED) is 0.441. The Bertz CT molecular complexity index is 1220. The van der Waals surface area contributed by atoms with Crippen molar-refractivity contribution in [3.05, 3.63) is 77.9 Å². The summed E-state index contributed by atoms with van der Waals surface area (Å²) in [6, 6.07) is 14.9. The molecule has 0 unspecified atom stereocenters. The molecule has 0 fully saturated rings. The summed E-state index contributed by atoms with van der Waals surface area (Å²) in [7, 11) is 0. The van der Waals surface area contributed by atoms with Crippen LogP contribution in [0.25, 0.3) is 6.08 Å². The molecule has 2 heterocycles. The number of halogens is 1. The summed E-state index contributed by atoms with van der Waals surface area (Å²) < 4.78 is 19.9. The van der Waals surface area contributed by atoms with E-state index in [-0.39, 0.29) is 41.0 Å². The number of carbonyl (C=O) groups excluding carboxylic acids is 2. The molecule has 3 aromatic rings. The molecule has 2 amide bonds. The van der Waals surface area contributed by atoms with Crippen LogP contribution in [0.3, 0.4) is 0 Å². The van der Waals surface area contributed by atoms with E-state index in [9.17, 15) is 14.0 Å². The second-order valence-corrected chi connectivity index (χ2v) is 8.37.